The third-order valence-electron chi connectivity index (χ3n) is 3.82. The van der Waals surface area contributed by atoms with Crippen molar-refractivity contribution < 1.29 is 13.2 Å². The van der Waals surface area contributed by atoms with Gasteiger partial charge in [0.2, 0.25) is 15.9 Å². The summed E-state index contributed by atoms with van der Waals surface area (Å²) in [4.78, 5) is 12.3. The van der Waals surface area contributed by atoms with E-state index in [1.807, 2.05) is 31.2 Å². The highest BCUT2D eigenvalue weighted by Crippen LogP contribution is 2.22. The largest absolute Gasteiger partial charge is 0.376 e. The number of nitrogens with zero attached hydrogens (tertiary/aromatic N) is 1. The molecule has 0 aliphatic rings. The van der Waals surface area contributed by atoms with Crippen LogP contribution in [0.1, 0.15) is 11.1 Å². The molecule has 0 saturated heterocycles. The zero-order chi connectivity index (χ0) is 18.6. The van der Waals surface area contributed by atoms with Crippen molar-refractivity contribution in [1.29, 1.82) is 0 Å². The lowest BCUT2D eigenvalue weighted by Gasteiger charge is -2.15. The summed E-state index contributed by atoms with van der Waals surface area (Å²) in [6, 6.07) is 12.5. The number of carbonyl (C=O) groups is 1. The van der Waals surface area contributed by atoms with Crippen LogP contribution in [0.15, 0.2) is 47.4 Å². The van der Waals surface area contributed by atoms with Gasteiger partial charge in [0.15, 0.2) is 0 Å². The van der Waals surface area contributed by atoms with Gasteiger partial charge >= 0.3 is 0 Å². The second-order valence-electron chi connectivity index (χ2n) is 5.98. The van der Waals surface area contributed by atoms with E-state index in [1.165, 1.54) is 18.4 Å². The van der Waals surface area contributed by atoms with E-state index in [1.54, 1.807) is 25.1 Å². The molecule has 0 aromatic heterocycles. The van der Waals surface area contributed by atoms with Crippen LogP contribution < -0.4 is 10.6 Å². The van der Waals surface area contributed by atoms with Gasteiger partial charge in [-0.25, -0.2) is 12.7 Å². The highest BCUT2D eigenvalue weighted by molar-refractivity contribution is 7.89. The number of hydrogen-bond acceptors (Lipinski definition) is 4. The summed E-state index contributed by atoms with van der Waals surface area (Å²) in [5.74, 6) is -0.202. The number of rotatable bonds is 6. The molecular weight excluding hydrogens is 338 g/mol. The molecule has 0 aliphatic carbocycles. The summed E-state index contributed by atoms with van der Waals surface area (Å²) < 4.78 is 25.9. The van der Waals surface area contributed by atoms with Gasteiger partial charge in [0.1, 0.15) is 0 Å². The third-order valence-corrected chi connectivity index (χ3v) is 5.78. The Kier molecular flexibility index (Phi) is 5.81. The Hall–Kier alpha value is -2.38. The predicted octanol–water partition coefficient (Wildman–Crippen LogP) is 2.60. The third kappa shape index (κ3) is 4.58. The summed E-state index contributed by atoms with van der Waals surface area (Å²) in [7, 11) is -0.549. The van der Waals surface area contributed by atoms with Gasteiger partial charge in [-0.1, -0.05) is 24.3 Å². The molecule has 2 aromatic carbocycles. The van der Waals surface area contributed by atoms with E-state index in [0.717, 1.165) is 11.3 Å². The fourth-order valence-corrected chi connectivity index (χ4v) is 3.42. The monoisotopic (exact) mass is 361 g/mol. The first-order valence-electron chi connectivity index (χ1n) is 7.84. The molecule has 0 atom stereocenters. The first-order valence-corrected chi connectivity index (χ1v) is 9.28. The molecular formula is C18H23N3O3S. The standard InChI is InChI=1S/C18H23N3O3S/c1-13-7-5-6-8-16(13)20-18(22)12-19-15-10-9-14(2)17(11-15)25(23,24)21(3)4/h5-11,19H,12H2,1-4H3,(H,20,22). The molecule has 0 spiro atoms. The van der Waals surface area contributed by atoms with E-state index in [9.17, 15) is 13.2 Å². The van der Waals surface area contributed by atoms with Crippen molar-refractivity contribution in [2.45, 2.75) is 18.7 Å². The zero-order valence-corrected chi connectivity index (χ0v) is 15.6. The first-order chi connectivity index (χ1) is 11.7. The molecule has 134 valence electrons. The maximum absolute atomic E-state index is 12.3. The number of amides is 1. The van der Waals surface area contributed by atoms with Crippen LogP contribution in [-0.4, -0.2) is 39.3 Å². The number of anilines is 2. The van der Waals surface area contributed by atoms with Crippen molar-refractivity contribution in [2.75, 3.05) is 31.3 Å². The molecule has 2 N–H and O–H groups in total. The second kappa shape index (κ2) is 7.67. The molecule has 25 heavy (non-hydrogen) atoms. The molecule has 6 nitrogen and oxygen atoms in total. The number of nitrogens with one attached hydrogen (secondary N) is 2. The minimum atomic E-state index is -3.53. The fourth-order valence-electron chi connectivity index (χ4n) is 2.27. The molecule has 0 bridgehead atoms. The molecule has 0 radical (unpaired) electrons. The van der Waals surface area contributed by atoms with Crippen LogP contribution >= 0.6 is 0 Å². The van der Waals surface area contributed by atoms with Gasteiger partial charge in [-0.2, -0.15) is 0 Å². The van der Waals surface area contributed by atoms with Crippen molar-refractivity contribution in [3.8, 4) is 0 Å². The molecule has 2 aromatic rings. The molecule has 0 unspecified atom stereocenters. The Bertz CT molecular complexity index is 877. The minimum absolute atomic E-state index is 0.0405. The van der Waals surface area contributed by atoms with E-state index in [2.05, 4.69) is 10.6 Å². The summed E-state index contributed by atoms with van der Waals surface area (Å²) >= 11 is 0. The molecule has 0 saturated carbocycles. The Morgan fingerprint density at radius 2 is 1.72 bits per heavy atom. The maximum atomic E-state index is 12.3. The SMILES string of the molecule is Cc1ccccc1NC(=O)CNc1ccc(C)c(S(=O)(=O)N(C)C)c1. The van der Waals surface area contributed by atoms with Crippen LogP contribution in [0.3, 0.4) is 0 Å². The summed E-state index contributed by atoms with van der Waals surface area (Å²) in [5.41, 5.74) is 2.97. The van der Waals surface area contributed by atoms with Crippen LogP contribution in [0.2, 0.25) is 0 Å². The van der Waals surface area contributed by atoms with Gasteiger partial charge in [0.05, 0.1) is 11.4 Å². The zero-order valence-electron chi connectivity index (χ0n) is 14.8. The van der Waals surface area contributed by atoms with Crippen molar-refractivity contribution in [3.63, 3.8) is 0 Å². The lowest BCUT2D eigenvalue weighted by Crippen LogP contribution is -2.24. The van der Waals surface area contributed by atoms with Crippen LogP contribution in [-0.2, 0) is 14.8 Å². The first kappa shape index (κ1) is 19.0. The van der Waals surface area contributed by atoms with Gasteiger partial charge in [0, 0.05) is 25.5 Å². The van der Waals surface area contributed by atoms with Gasteiger partial charge in [-0.15, -0.1) is 0 Å². The van der Waals surface area contributed by atoms with Crippen LogP contribution in [0.5, 0.6) is 0 Å². The second-order valence-corrected chi connectivity index (χ2v) is 8.10. The number of carbonyl (C=O) groups excluding carboxylic acids is 1. The highest BCUT2D eigenvalue weighted by atomic mass is 32.2. The number of benzene rings is 2. The molecule has 0 aliphatic heterocycles. The Morgan fingerprint density at radius 1 is 1.04 bits per heavy atom. The van der Waals surface area contributed by atoms with E-state index in [4.69, 9.17) is 0 Å². The van der Waals surface area contributed by atoms with Gasteiger partial charge in [-0.05, 0) is 43.2 Å². The molecule has 1 amide bonds. The van der Waals surface area contributed by atoms with Crippen molar-refractivity contribution >= 4 is 27.3 Å². The van der Waals surface area contributed by atoms with Crippen molar-refractivity contribution in [3.05, 3.63) is 53.6 Å². The Labute approximate surface area is 148 Å². The normalized spacial score (nSPS) is 11.4. The molecule has 7 heteroatoms. The summed E-state index contributed by atoms with van der Waals surface area (Å²) in [5, 5.41) is 5.79. The Morgan fingerprint density at radius 3 is 2.36 bits per heavy atom. The predicted molar refractivity (Wildman–Crippen MR) is 100 cm³/mol. The number of sulfonamides is 1. The average molecular weight is 361 g/mol. The maximum Gasteiger partial charge on any atom is 0.243 e. The van der Waals surface area contributed by atoms with E-state index in [0.29, 0.717) is 11.3 Å². The minimum Gasteiger partial charge on any atom is -0.376 e. The van der Waals surface area contributed by atoms with Crippen LogP contribution in [0.25, 0.3) is 0 Å². The average Bonchev–Trinajstić information content (AvgIpc) is 2.56. The number of aryl methyl sites for hydroxylation is 2. The highest BCUT2D eigenvalue weighted by Gasteiger charge is 2.20. The van der Waals surface area contributed by atoms with E-state index in [-0.39, 0.29) is 17.3 Å². The molecule has 2 rings (SSSR count). The lowest BCUT2D eigenvalue weighted by atomic mass is 10.2. The van der Waals surface area contributed by atoms with Gasteiger partial charge in [-0.3, -0.25) is 4.79 Å². The summed E-state index contributed by atoms with van der Waals surface area (Å²) in [6.07, 6.45) is 0. The molecule has 0 heterocycles. The van der Waals surface area contributed by atoms with Gasteiger partial charge in [0.25, 0.3) is 0 Å². The van der Waals surface area contributed by atoms with Crippen molar-refractivity contribution in [1.82, 2.24) is 4.31 Å². The van der Waals surface area contributed by atoms with Gasteiger partial charge < -0.3 is 10.6 Å². The van der Waals surface area contributed by atoms with Crippen LogP contribution in [0.4, 0.5) is 11.4 Å². The Balaban J connectivity index is 2.09. The summed E-state index contributed by atoms with van der Waals surface area (Å²) in [6.45, 7) is 3.70. The fraction of sp³-hybridized carbons (Fsp3) is 0.278. The number of hydrogen-bond donors (Lipinski definition) is 2. The number of para-hydroxylation sites is 1. The van der Waals surface area contributed by atoms with Crippen molar-refractivity contribution in [2.24, 2.45) is 0 Å². The topological polar surface area (TPSA) is 78.5 Å². The smallest absolute Gasteiger partial charge is 0.243 e. The quantitative estimate of drug-likeness (QED) is 0.829. The van der Waals surface area contributed by atoms with E-state index < -0.39 is 10.0 Å². The van der Waals surface area contributed by atoms with Crippen LogP contribution in [0, 0.1) is 13.8 Å². The molecule has 0 fully saturated rings. The lowest BCUT2D eigenvalue weighted by molar-refractivity contribution is -0.114. The van der Waals surface area contributed by atoms with E-state index >= 15 is 0 Å².